The normalized spacial score (nSPS) is 20.6. The fourth-order valence-electron chi connectivity index (χ4n) is 5.20. The second-order valence-electron chi connectivity index (χ2n) is 9.61. The highest BCUT2D eigenvalue weighted by Gasteiger charge is 2.48. The van der Waals surface area contributed by atoms with Gasteiger partial charge in [0.05, 0.1) is 23.7 Å². The quantitative estimate of drug-likeness (QED) is 0.407. The number of likely N-dealkylation sites (tertiary alicyclic amines) is 1. The summed E-state index contributed by atoms with van der Waals surface area (Å²) in [5.41, 5.74) is 1.15. The van der Waals surface area contributed by atoms with Gasteiger partial charge in [-0.3, -0.25) is 14.0 Å². The molecule has 0 N–H and O–H groups in total. The molecule has 0 radical (unpaired) electrons. The van der Waals surface area contributed by atoms with Gasteiger partial charge in [-0.2, -0.15) is 0 Å². The van der Waals surface area contributed by atoms with Crippen LogP contribution in [-0.4, -0.2) is 87.3 Å². The van der Waals surface area contributed by atoms with Gasteiger partial charge in [-0.15, -0.1) is 11.3 Å². The van der Waals surface area contributed by atoms with Crippen molar-refractivity contribution in [2.75, 3.05) is 51.2 Å². The van der Waals surface area contributed by atoms with Gasteiger partial charge in [0.2, 0.25) is 0 Å². The number of rotatable bonds is 3. The first-order valence-corrected chi connectivity index (χ1v) is 13.0. The first-order valence-electron chi connectivity index (χ1n) is 12.1. The molecular weight excluding hydrogens is 500 g/mol. The number of benzene rings is 1. The van der Waals surface area contributed by atoms with Crippen LogP contribution in [0, 0.1) is 0 Å². The van der Waals surface area contributed by atoms with Gasteiger partial charge in [-0.25, -0.2) is 23.7 Å². The average Bonchev–Trinajstić information content (AvgIpc) is 3.38. The number of hydrogen-bond donors (Lipinski definition) is 0. The van der Waals surface area contributed by atoms with Gasteiger partial charge in [0.15, 0.2) is 4.96 Å². The second kappa shape index (κ2) is 9.10. The Kier molecular flexibility index (Phi) is 5.87. The van der Waals surface area contributed by atoms with Crippen LogP contribution in [0.4, 0.5) is 14.5 Å². The summed E-state index contributed by atoms with van der Waals surface area (Å²) in [5, 5.41) is 2.27. The Hall–Kier alpha value is -3.51. The van der Waals surface area contributed by atoms with Crippen molar-refractivity contribution in [2.24, 2.45) is 0 Å². The van der Waals surface area contributed by atoms with E-state index in [0.717, 1.165) is 36.8 Å². The molecule has 1 aromatic carbocycles. The minimum atomic E-state index is -3.23. The molecule has 1 unspecified atom stereocenters. The van der Waals surface area contributed by atoms with E-state index in [4.69, 9.17) is 0 Å². The van der Waals surface area contributed by atoms with Crippen molar-refractivity contribution in [1.29, 1.82) is 0 Å². The molecule has 1 amide bonds. The highest BCUT2D eigenvalue weighted by molar-refractivity contribution is 7.15. The Morgan fingerprint density at radius 1 is 1.11 bits per heavy atom. The monoisotopic (exact) mass is 525 g/mol. The summed E-state index contributed by atoms with van der Waals surface area (Å²) in [7, 11) is 2.09. The molecule has 0 saturated carbocycles. The first kappa shape index (κ1) is 23.9. The molecule has 0 bridgehead atoms. The molecule has 2 aliphatic rings. The number of piperidine rings is 1. The number of carbonyl (C=O) groups is 1. The highest BCUT2D eigenvalue weighted by atomic mass is 32.1. The number of alkyl halides is 2. The lowest BCUT2D eigenvalue weighted by Gasteiger charge is -2.38. The van der Waals surface area contributed by atoms with Gasteiger partial charge in [0.25, 0.3) is 17.4 Å². The summed E-state index contributed by atoms with van der Waals surface area (Å²) in [4.78, 5) is 44.5. The lowest BCUT2D eigenvalue weighted by molar-refractivity contribution is -0.0751. The van der Waals surface area contributed by atoms with Gasteiger partial charge in [0.1, 0.15) is 11.9 Å². The molecule has 6 rings (SSSR count). The van der Waals surface area contributed by atoms with E-state index in [1.807, 2.05) is 18.2 Å². The molecule has 192 valence electrons. The van der Waals surface area contributed by atoms with E-state index in [2.05, 4.69) is 31.8 Å². The van der Waals surface area contributed by atoms with Crippen molar-refractivity contribution in [1.82, 2.24) is 29.2 Å². The number of halogens is 2. The molecule has 0 spiro atoms. The fourth-order valence-corrected chi connectivity index (χ4v) is 5.87. The Bertz CT molecular complexity index is 1550. The van der Waals surface area contributed by atoms with Crippen LogP contribution >= 0.6 is 11.3 Å². The van der Waals surface area contributed by atoms with Gasteiger partial charge in [-0.05, 0) is 31.7 Å². The van der Waals surface area contributed by atoms with E-state index in [1.165, 1.54) is 34.5 Å². The van der Waals surface area contributed by atoms with Gasteiger partial charge in [0, 0.05) is 61.6 Å². The number of fused-ring (bicyclic) bond motifs is 2. The maximum Gasteiger partial charge on any atom is 0.273 e. The van der Waals surface area contributed by atoms with E-state index in [-0.39, 0.29) is 24.2 Å². The molecule has 9 nitrogen and oxygen atoms in total. The number of amides is 1. The molecular formula is C25H25F2N7O2S. The van der Waals surface area contributed by atoms with Crippen LogP contribution in [0.25, 0.3) is 15.9 Å². The molecule has 3 aromatic heterocycles. The number of nitrogens with zero attached hydrogens (tertiary/aromatic N) is 7. The predicted molar refractivity (Wildman–Crippen MR) is 137 cm³/mol. The first-order chi connectivity index (χ1) is 17.8. The minimum Gasteiger partial charge on any atom is -0.369 e. The third-order valence-corrected chi connectivity index (χ3v) is 8.08. The molecule has 2 saturated heterocycles. The standard InChI is InChI=1S/C25H25F2N7O2S/c1-31-6-8-32(9-7-31)16-2-3-17-20(12-16)29-15-30-21(17)19-4-5-33(14-25(19,26)27)22(35)18-13-28-24-34(23(18)36)10-11-37-24/h2-3,10-13,15,19H,4-9,14H2,1H3. The number of anilines is 1. The van der Waals surface area contributed by atoms with Crippen molar-refractivity contribution < 1.29 is 13.6 Å². The number of carbonyl (C=O) groups excluding carboxylic acids is 1. The molecule has 37 heavy (non-hydrogen) atoms. The zero-order valence-corrected chi connectivity index (χ0v) is 21.0. The fraction of sp³-hybridized carbons (Fsp3) is 0.400. The molecule has 2 aliphatic heterocycles. The Morgan fingerprint density at radius 2 is 1.92 bits per heavy atom. The van der Waals surface area contributed by atoms with E-state index >= 15 is 8.78 Å². The number of likely N-dealkylation sites (N-methyl/N-ethyl adjacent to an activating group) is 1. The molecule has 5 heterocycles. The van der Waals surface area contributed by atoms with Crippen LogP contribution in [0.1, 0.15) is 28.4 Å². The lowest BCUT2D eigenvalue weighted by atomic mass is 9.87. The van der Waals surface area contributed by atoms with Crippen molar-refractivity contribution in [3.63, 3.8) is 0 Å². The van der Waals surface area contributed by atoms with E-state index < -0.39 is 29.9 Å². The highest BCUT2D eigenvalue weighted by Crippen LogP contribution is 2.42. The Labute approximate surface area is 215 Å². The molecule has 0 aliphatic carbocycles. The van der Waals surface area contributed by atoms with Crippen molar-refractivity contribution >= 4 is 38.8 Å². The predicted octanol–water partition coefficient (Wildman–Crippen LogP) is 2.72. The smallest absolute Gasteiger partial charge is 0.273 e. The van der Waals surface area contributed by atoms with Gasteiger partial charge >= 0.3 is 0 Å². The summed E-state index contributed by atoms with van der Waals surface area (Å²) in [6, 6.07) is 5.70. The second-order valence-corrected chi connectivity index (χ2v) is 10.5. The van der Waals surface area contributed by atoms with E-state index in [0.29, 0.717) is 15.9 Å². The molecule has 12 heteroatoms. The van der Waals surface area contributed by atoms with Crippen LogP contribution in [0.15, 0.2) is 47.1 Å². The third kappa shape index (κ3) is 4.23. The van der Waals surface area contributed by atoms with Gasteiger partial charge in [-0.1, -0.05) is 0 Å². The maximum atomic E-state index is 15.6. The molecule has 1 atom stereocenters. The summed E-state index contributed by atoms with van der Waals surface area (Å²) in [5.74, 6) is -5.14. The van der Waals surface area contributed by atoms with Crippen molar-refractivity contribution in [3.05, 3.63) is 63.9 Å². The van der Waals surface area contributed by atoms with Crippen LogP contribution in [0.5, 0.6) is 0 Å². The average molecular weight is 526 g/mol. The van der Waals surface area contributed by atoms with Crippen molar-refractivity contribution in [3.8, 4) is 0 Å². The van der Waals surface area contributed by atoms with Crippen LogP contribution in [-0.2, 0) is 0 Å². The zero-order valence-electron chi connectivity index (χ0n) is 20.2. The molecule has 4 aromatic rings. The van der Waals surface area contributed by atoms with Gasteiger partial charge < -0.3 is 14.7 Å². The Morgan fingerprint density at radius 3 is 2.70 bits per heavy atom. The molecule has 2 fully saturated rings. The summed E-state index contributed by atoms with van der Waals surface area (Å²) >= 11 is 1.26. The number of aromatic nitrogens is 4. The van der Waals surface area contributed by atoms with Crippen LogP contribution < -0.4 is 10.5 Å². The largest absolute Gasteiger partial charge is 0.369 e. The van der Waals surface area contributed by atoms with Crippen LogP contribution in [0.2, 0.25) is 0 Å². The number of piperazine rings is 1. The van der Waals surface area contributed by atoms with Crippen LogP contribution in [0.3, 0.4) is 0 Å². The summed E-state index contributed by atoms with van der Waals surface area (Å²) < 4.78 is 32.4. The Balaban J connectivity index is 1.25. The summed E-state index contributed by atoms with van der Waals surface area (Å²) in [6.07, 6.45) is 4.04. The SMILES string of the molecule is CN1CCN(c2ccc3c(C4CCN(C(=O)c5cnc6sccn6c5=O)CC4(F)F)ncnc3c2)CC1. The van der Waals surface area contributed by atoms with Crippen molar-refractivity contribution in [2.45, 2.75) is 18.3 Å². The summed E-state index contributed by atoms with van der Waals surface area (Å²) in [6.45, 7) is 2.98. The lowest BCUT2D eigenvalue weighted by Crippen LogP contribution is -2.50. The van der Waals surface area contributed by atoms with E-state index in [1.54, 1.807) is 5.38 Å². The zero-order chi connectivity index (χ0) is 25.7. The minimum absolute atomic E-state index is 0.0144. The number of hydrogen-bond acceptors (Lipinski definition) is 8. The van der Waals surface area contributed by atoms with E-state index in [9.17, 15) is 9.59 Å². The maximum absolute atomic E-state index is 15.6. The topological polar surface area (TPSA) is 86.9 Å². The third-order valence-electron chi connectivity index (χ3n) is 7.31. The number of thiazole rings is 1.